The number of carbonyl (C=O) groups excluding carboxylic acids is 4. The molecule has 1 spiro atoms. The van der Waals surface area contributed by atoms with Crippen molar-refractivity contribution in [3.05, 3.63) is 0 Å². The fraction of sp³-hybridized carbons (Fsp3) is 0.765. The number of hydrogen-bond donors (Lipinski definition) is 2. The van der Waals surface area contributed by atoms with Crippen molar-refractivity contribution in [1.29, 1.82) is 0 Å². The maximum atomic E-state index is 12.6. The van der Waals surface area contributed by atoms with Gasteiger partial charge in [-0.1, -0.05) is 33.1 Å². The maximum Gasteiger partial charge on any atom is 0.321 e. The highest BCUT2D eigenvalue weighted by atomic mass is 16.2. The summed E-state index contributed by atoms with van der Waals surface area (Å²) in [6, 6.07) is -0.591. The van der Waals surface area contributed by atoms with Gasteiger partial charge in [0.15, 0.2) is 0 Å². The predicted octanol–water partition coefficient (Wildman–Crippen LogP) is 1.57. The average Bonchev–Trinajstić information content (AvgIpc) is 2.72. The van der Waals surface area contributed by atoms with Crippen LogP contribution in [-0.4, -0.2) is 41.7 Å². The first-order chi connectivity index (χ1) is 11.3. The second-order valence-electron chi connectivity index (χ2n) is 7.29. The van der Waals surface area contributed by atoms with Crippen LogP contribution in [0, 0.1) is 11.3 Å². The highest BCUT2D eigenvalue weighted by Gasteiger charge is 2.51. The Hall–Kier alpha value is -1.92. The summed E-state index contributed by atoms with van der Waals surface area (Å²) >= 11 is 0. The van der Waals surface area contributed by atoms with Gasteiger partial charge in [-0.3, -0.25) is 24.6 Å². The van der Waals surface area contributed by atoms with E-state index in [-0.39, 0.29) is 24.8 Å². The van der Waals surface area contributed by atoms with Crippen LogP contribution in [0.5, 0.6) is 0 Å². The van der Waals surface area contributed by atoms with Crippen LogP contribution in [0.25, 0.3) is 0 Å². The summed E-state index contributed by atoms with van der Waals surface area (Å²) in [6.45, 7) is 4.17. The highest BCUT2D eigenvalue weighted by Crippen LogP contribution is 2.45. The van der Waals surface area contributed by atoms with Gasteiger partial charge in [0, 0.05) is 13.0 Å². The molecule has 0 aromatic carbocycles. The van der Waals surface area contributed by atoms with Gasteiger partial charge < -0.3 is 5.32 Å². The maximum absolute atomic E-state index is 12.6. The van der Waals surface area contributed by atoms with E-state index in [0.717, 1.165) is 30.6 Å². The zero-order chi connectivity index (χ0) is 17.7. The summed E-state index contributed by atoms with van der Waals surface area (Å²) in [5.74, 6) is -0.737. The summed E-state index contributed by atoms with van der Waals surface area (Å²) < 4.78 is 0. The normalized spacial score (nSPS) is 19.9. The van der Waals surface area contributed by atoms with Gasteiger partial charge in [0.1, 0.15) is 6.54 Å². The molecule has 24 heavy (non-hydrogen) atoms. The van der Waals surface area contributed by atoms with Crippen molar-refractivity contribution in [2.45, 2.75) is 58.8 Å². The zero-order valence-electron chi connectivity index (χ0n) is 14.5. The van der Waals surface area contributed by atoms with Crippen LogP contribution in [-0.2, 0) is 14.4 Å². The lowest BCUT2D eigenvalue weighted by atomic mass is 9.73. The van der Waals surface area contributed by atoms with Gasteiger partial charge in [0.25, 0.3) is 0 Å². The van der Waals surface area contributed by atoms with Crippen LogP contribution in [0.15, 0.2) is 0 Å². The Labute approximate surface area is 142 Å². The summed E-state index contributed by atoms with van der Waals surface area (Å²) in [5, 5.41) is 4.77. The minimum Gasteiger partial charge on any atom is -0.338 e. The predicted molar refractivity (Wildman–Crippen MR) is 87.9 cm³/mol. The van der Waals surface area contributed by atoms with E-state index in [1.54, 1.807) is 0 Å². The van der Waals surface area contributed by atoms with Crippen molar-refractivity contribution in [2.75, 3.05) is 13.1 Å². The van der Waals surface area contributed by atoms with Crippen LogP contribution >= 0.6 is 0 Å². The van der Waals surface area contributed by atoms with Crippen LogP contribution in [0.4, 0.5) is 4.79 Å². The smallest absolute Gasteiger partial charge is 0.321 e. The van der Waals surface area contributed by atoms with Crippen molar-refractivity contribution in [2.24, 2.45) is 11.3 Å². The number of nitrogens with zero attached hydrogens (tertiary/aromatic N) is 1. The third-order valence-corrected chi connectivity index (χ3v) is 4.86. The zero-order valence-corrected chi connectivity index (χ0v) is 14.5. The van der Waals surface area contributed by atoms with Crippen molar-refractivity contribution in [3.8, 4) is 0 Å². The number of hydrogen-bond acceptors (Lipinski definition) is 4. The van der Waals surface area contributed by atoms with E-state index in [9.17, 15) is 19.2 Å². The van der Waals surface area contributed by atoms with Crippen molar-refractivity contribution >= 4 is 23.8 Å². The Kier molecular flexibility index (Phi) is 5.96. The summed E-state index contributed by atoms with van der Waals surface area (Å²) in [5.41, 5.74) is -0.602. The van der Waals surface area contributed by atoms with E-state index < -0.39 is 17.4 Å². The van der Waals surface area contributed by atoms with Gasteiger partial charge in [-0.25, -0.2) is 4.79 Å². The van der Waals surface area contributed by atoms with Gasteiger partial charge in [-0.2, -0.15) is 0 Å². The molecule has 1 heterocycles. The molecule has 2 aliphatic rings. The molecular weight excluding hydrogens is 310 g/mol. The Morgan fingerprint density at radius 1 is 1.17 bits per heavy atom. The molecule has 2 N–H and O–H groups in total. The lowest BCUT2D eigenvalue weighted by molar-refractivity contribution is -0.145. The topological polar surface area (TPSA) is 95.6 Å². The summed E-state index contributed by atoms with van der Waals surface area (Å²) in [4.78, 5) is 49.3. The van der Waals surface area contributed by atoms with Gasteiger partial charge >= 0.3 is 6.03 Å². The van der Waals surface area contributed by atoms with Crippen LogP contribution in [0.3, 0.4) is 0 Å². The number of amides is 5. The lowest BCUT2D eigenvalue weighted by Gasteiger charge is -2.30. The first-order valence-electron chi connectivity index (χ1n) is 8.76. The van der Waals surface area contributed by atoms with Gasteiger partial charge in [-0.15, -0.1) is 0 Å². The van der Waals surface area contributed by atoms with E-state index in [0.29, 0.717) is 25.3 Å². The average molecular weight is 337 g/mol. The molecule has 7 nitrogen and oxygen atoms in total. The molecule has 2 fully saturated rings. The molecule has 0 aromatic heterocycles. The largest absolute Gasteiger partial charge is 0.338 e. The Balaban J connectivity index is 1.84. The van der Waals surface area contributed by atoms with E-state index in [2.05, 4.69) is 10.6 Å². The molecule has 134 valence electrons. The van der Waals surface area contributed by atoms with E-state index in [4.69, 9.17) is 0 Å². The standard InChI is InChI=1S/C17H27N3O4/c1-12(2)6-9-18-16(24)19-13(21)11-20-14(22)10-17(15(20)23)7-4-3-5-8-17/h12H,3-11H2,1-2H3,(H2,18,19,21,24). The number of imide groups is 2. The van der Waals surface area contributed by atoms with Crippen LogP contribution < -0.4 is 10.6 Å². The minimum absolute atomic E-state index is 0.194. The fourth-order valence-electron chi connectivity index (χ4n) is 3.47. The monoisotopic (exact) mass is 337 g/mol. The van der Waals surface area contributed by atoms with Crippen molar-refractivity contribution < 1.29 is 19.2 Å². The second kappa shape index (κ2) is 7.77. The van der Waals surface area contributed by atoms with E-state index in [1.807, 2.05) is 13.8 Å². The molecule has 5 amide bonds. The van der Waals surface area contributed by atoms with Crippen LogP contribution in [0.1, 0.15) is 58.8 Å². The third kappa shape index (κ3) is 4.33. The lowest BCUT2D eigenvalue weighted by Crippen LogP contribution is -2.47. The molecule has 7 heteroatoms. The molecular formula is C17H27N3O4. The molecule has 0 aromatic rings. The van der Waals surface area contributed by atoms with Gasteiger partial charge in [-0.05, 0) is 25.2 Å². The fourth-order valence-corrected chi connectivity index (χ4v) is 3.47. The molecule has 0 atom stereocenters. The number of rotatable bonds is 5. The molecule has 0 radical (unpaired) electrons. The molecule has 0 bridgehead atoms. The van der Waals surface area contributed by atoms with E-state index >= 15 is 0 Å². The number of carbonyl (C=O) groups is 4. The van der Waals surface area contributed by atoms with Crippen LogP contribution in [0.2, 0.25) is 0 Å². The van der Waals surface area contributed by atoms with Gasteiger partial charge in [0.05, 0.1) is 5.41 Å². The third-order valence-electron chi connectivity index (χ3n) is 4.86. The number of likely N-dealkylation sites (tertiary alicyclic amines) is 1. The molecule has 2 rings (SSSR count). The van der Waals surface area contributed by atoms with E-state index in [1.165, 1.54) is 0 Å². The number of urea groups is 1. The Bertz CT molecular complexity index is 524. The first-order valence-corrected chi connectivity index (χ1v) is 8.76. The van der Waals surface area contributed by atoms with Crippen molar-refractivity contribution in [1.82, 2.24) is 15.5 Å². The highest BCUT2D eigenvalue weighted by molar-refractivity contribution is 6.09. The molecule has 1 aliphatic heterocycles. The molecule has 1 saturated heterocycles. The van der Waals surface area contributed by atoms with Gasteiger partial charge in [0.2, 0.25) is 17.7 Å². The first kappa shape index (κ1) is 18.4. The molecule has 1 aliphatic carbocycles. The Morgan fingerprint density at radius 3 is 2.46 bits per heavy atom. The Morgan fingerprint density at radius 2 is 1.83 bits per heavy atom. The quantitative estimate of drug-likeness (QED) is 0.744. The van der Waals surface area contributed by atoms with Crippen molar-refractivity contribution in [3.63, 3.8) is 0 Å². The number of nitrogens with one attached hydrogen (secondary N) is 2. The molecule has 0 unspecified atom stereocenters. The molecule has 1 saturated carbocycles. The summed E-state index contributed by atoms with van der Waals surface area (Å²) in [7, 11) is 0. The SMILES string of the molecule is CC(C)CCNC(=O)NC(=O)CN1C(=O)CC2(CCCCC2)C1=O. The second-order valence-corrected chi connectivity index (χ2v) is 7.29. The minimum atomic E-state index is -0.633. The summed E-state index contributed by atoms with van der Waals surface area (Å²) in [6.07, 6.45) is 5.40.